The van der Waals surface area contributed by atoms with Crippen LogP contribution in [0.4, 0.5) is 0 Å². The van der Waals surface area contributed by atoms with Crippen LogP contribution in [0.2, 0.25) is 0 Å². The van der Waals surface area contributed by atoms with Crippen LogP contribution in [0.1, 0.15) is 27.7 Å². The Hall–Kier alpha value is -0.610. The summed E-state index contributed by atoms with van der Waals surface area (Å²) < 4.78 is 0. The number of carbonyl (C=O) groups is 1. The maximum atomic E-state index is 11.3. The van der Waals surface area contributed by atoms with E-state index in [-0.39, 0.29) is 5.91 Å². The van der Waals surface area contributed by atoms with Crippen LogP contribution >= 0.6 is 0 Å². The molecule has 0 rings (SSSR count). The van der Waals surface area contributed by atoms with Crippen molar-refractivity contribution in [2.75, 3.05) is 20.1 Å². The lowest BCUT2D eigenvalue weighted by Crippen LogP contribution is -2.59. The molecule has 1 amide bonds. The molecule has 0 aliphatic rings. The number of primary amides is 1. The lowest BCUT2D eigenvalue weighted by atomic mass is 10.0. The molecule has 0 aliphatic heterocycles. The van der Waals surface area contributed by atoms with E-state index in [2.05, 4.69) is 31.0 Å². The van der Waals surface area contributed by atoms with Crippen LogP contribution in [0.25, 0.3) is 0 Å². The van der Waals surface area contributed by atoms with Gasteiger partial charge in [-0.2, -0.15) is 0 Å². The first-order valence-electron chi connectivity index (χ1n) is 5.10. The minimum absolute atomic E-state index is 0.306. The topological polar surface area (TPSA) is 58.4 Å². The Bertz CT molecular complexity index is 194. The third-order valence-electron chi connectivity index (χ3n) is 2.75. The van der Waals surface area contributed by atoms with Crippen molar-refractivity contribution in [1.29, 1.82) is 0 Å². The minimum Gasteiger partial charge on any atom is -0.368 e. The van der Waals surface area contributed by atoms with Gasteiger partial charge in [0.2, 0.25) is 5.91 Å². The zero-order valence-electron chi connectivity index (χ0n) is 9.92. The first-order chi connectivity index (χ1) is 6.37. The molecule has 84 valence electrons. The van der Waals surface area contributed by atoms with Crippen molar-refractivity contribution in [3.63, 3.8) is 0 Å². The number of nitrogens with one attached hydrogen (secondary N) is 1. The Labute approximate surface area is 86.8 Å². The quantitative estimate of drug-likeness (QED) is 0.644. The number of carbonyl (C=O) groups excluding carboxylic acids is 1. The average Bonchev–Trinajstić information content (AvgIpc) is 2.12. The molecule has 0 aromatic carbocycles. The van der Waals surface area contributed by atoms with Crippen LogP contribution in [-0.4, -0.2) is 42.5 Å². The predicted octanol–water partition coefficient (Wildman–Crippen LogP) is 0.180. The Morgan fingerprint density at radius 2 is 2.07 bits per heavy atom. The summed E-state index contributed by atoms with van der Waals surface area (Å²) in [5.41, 5.74) is 4.72. The molecule has 4 heteroatoms. The van der Waals surface area contributed by atoms with E-state index in [4.69, 9.17) is 5.73 Å². The molecule has 0 fully saturated rings. The Morgan fingerprint density at radius 3 is 2.29 bits per heavy atom. The van der Waals surface area contributed by atoms with Crippen LogP contribution in [0, 0.1) is 0 Å². The number of nitrogens with zero attached hydrogens (tertiary/aromatic N) is 1. The Morgan fingerprint density at radius 1 is 1.57 bits per heavy atom. The van der Waals surface area contributed by atoms with Gasteiger partial charge in [0, 0.05) is 12.6 Å². The summed E-state index contributed by atoms with van der Waals surface area (Å²) >= 11 is 0. The molecule has 4 nitrogen and oxygen atoms in total. The van der Waals surface area contributed by atoms with Gasteiger partial charge in [0.1, 0.15) is 5.54 Å². The molecule has 0 saturated heterocycles. The highest BCUT2D eigenvalue weighted by Gasteiger charge is 2.31. The fourth-order valence-electron chi connectivity index (χ4n) is 1.35. The fraction of sp³-hybridized carbons (Fsp3) is 0.900. The van der Waals surface area contributed by atoms with E-state index in [0.29, 0.717) is 12.6 Å². The highest BCUT2D eigenvalue weighted by Crippen LogP contribution is 2.08. The van der Waals surface area contributed by atoms with Crippen molar-refractivity contribution < 1.29 is 4.79 Å². The highest BCUT2D eigenvalue weighted by molar-refractivity contribution is 5.84. The molecular weight excluding hydrogens is 178 g/mol. The van der Waals surface area contributed by atoms with Gasteiger partial charge in [0.15, 0.2) is 0 Å². The molecule has 1 unspecified atom stereocenters. The van der Waals surface area contributed by atoms with Crippen LogP contribution in [0.15, 0.2) is 0 Å². The Balaban J connectivity index is 4.50. The lowest BCUT2D eigenvalue weighted by Gasteiger charge is -2.34. The maximum absolute atomic E-state index is 11.3. The van der Waals surface area contributed by atoms with E-state index in [9.17, 15) is 4.79 Å². The van der Waals surface area contributed by atoms with Gasteiger partial charge in [-0.1, -0.05) is 6.92 Å². The van der Waals surface area contributed by atoms with Crippen molar-refractivity contribution in [1.82, 2.24) is 10.2 Å². The average molecular weight is 201 g/mol. The molecule has 0 heterocycles. The van der Waals surface area contributed by atoms with Crippen LogP contribution in [-0.2, 0) is 4.79 Å². The second-order valence-corrected chi connectivity index (χ2v) is 4.10. The van der Waals surface area contributed by atoms with Crippen molar-refractivity contribution in [3.05, 3.63) is 0 Å². The summed E-state index contributed by atoms with van der Waals surface area (Å²) in [6.07, 6.45) is 0. The molecule has 0 radical (unpaired) electrons. The molecule has 0 aromatic rings. The van der Waals surface area contributed by atoms with Crippen molar-refractivity contribution in [2.45, 2.75) is 39.3 Å². The molecule has 0 bridgehead atoms. The summed E-state index contributed by atoms with van der Waals surface area (Å²) in [5, 5.41) is 2.98. The number of nitrogens with two attached hydrogens (primary N) is 1. The second kappa shape index (κ2) is 5.32. The van der Waals surface area contributed by atoms with Gasteiger partial charge in [-0.05, 0) is 34.4 Å². The standard InChI is InChI=1S/C10H23N3O/c1-6-13(8(2)3)7-10(4,12-5)9(11)14/h8,12H,6-7H2,1-5H3,(H2,11,14). The number of rotatable bonds is 6. The molecular formula is C10H23N3O. The molecule has 3 N–H and O–H groups in total. The van der Waals surface area contributed by atoms with Gasteiger partial charge in [0.25, 0.3) is 0 Å². The van der Waals surface area contributed by atoms with Crippen molar-refractivity contribution >= 4 is 5.91 Å². The van der Waals surface area contributed by atoms with E-state index < -0.39 is 5.54 Å². The van der Waals surface area contributed by atoms with E-state index >= 15 is 0 Å². The number of amides is 1. The third-order valence-corrected chi connectivity index (χ3v) is 2.75. The van der Waals surface area contributed by atoms with E-state index in [0.717, 1.165) is 6.54 Å². The third kappa shape index (κ3) is 3.27. The van der Waals surface area contributed by atoms with Crippen molar-refractivity contribution in [2.24, 2.45) is 5.73 Å². The minimum atomic E-state index is -0.639. The van der Waals surface area contributed by atoms with Gasteiger partial charge in [-0.25, -0.2) is 0 Å². The molecule has 0 aromatic heterocycles. The van der Waals surface area contributed by atoms with Gasteiger partial charge in [0.05, 0.1) is 0 Å². The summed E-state index contributed by atoms with van der Waals surface area (Å²) in [6, 6.07) is 0.423. The maximum Gasteiger partial charge on any atom is 0.238 e. The van der Waals surface area contributed by atoms with E-state index in [1.807, 2.05) is 6.92 Å². The van der Waals surface area contributed by atoms with Gasteiger partial charge in [-0.3, -0.25) is 9.69 Å². The summed E-state index contributed by atoms with van der Waals surface area (Å²) in [4.78, 5) is 13.5. The monoisotopic (exact) mass is 201 g/mol. The normalized spacial score (nSPS) is 15.9. The largest absolute Gasteiger partial charge is 0.368 e. The van der Waals surface area contributed by atoms with Gasteiger partial charge >= 0.3 is 0 Å². The zero-order chi connectivity index (χ0) is 11.4. The first kappa shape index (κ1) is 13.4. The van der Waals surface area contributed by atoms with Crippen LogP contribution in [0.5, 0.6) is 0 Å². The summed E-state index contributed by atoms with van der Waals surface area (Å²) in [7, 11) is 1.76. The van der Waals surface area contributed by atoms with Crippen molar-refractivity contribution in [3.8, 4) is 0 Å². The van der Waals surface area contributed by atoms with Gasteiger partial charge < -0.3 is 11.1 Å². The second-order valence-electron chi connectivity index (χ2n) is 4.10. The highest BCUT2D eigenvalue weighted by atomic mass is 16.1. The molecule has 0 spiro atoms. The predicted molar refractivity (Wildman–Crippen MR) is 59.0 cm³/mol. The lowest BCUT2D eigenvalue weighted by molar-refractivity contribution is -0.124. The molecule has 1 atom stereocenters. The fourth-order valence-corrected chi connectivity index (χ4v) is 1.35. The van der Waals surface area contributed by atoms with E-state index in [1.54, 1.807) is 7.05 Å². The zero-order valence-corrected chi connectivity index (χ0v) is 9.92. The SMILES string of the molecule is CCN(CC(C)(NC)C(N)=O)C(C)C. The van der Waals surface area contributed by atoms with Crippen LogP contribution in [0.3, 0.4) is 0 Å². The number of hydrogen-bond acceptors (Lipinski definition) is 3. The molecule has 0 aliphatic carbocycles. The Kier molecular flexibility index (Phi) is 5.08. The van der Waals surface area contributed by atoms with Gasteiger partial charge in [-0.15, -0.1) is 0 Å². The molecule has 14 heavy (non-hydrogen) atoms. The smallest absolute Gasteiger partial charge is 0.238 e. The summed E-state index contributed by atoms with van der Waals surface area (Å²) in [6.45, 7) is 9.70. The first-order valence-corrected chi connectivity index (χ1v) is 5.10. The summed E-state index contributed by atoms with van der Waals surface area (Å²) in [5.74, 6) is -0.306. The number of likely N-dealkylation sites (N-methyl/N-ethyl adjacent to an activating group) is 2. The van der Waals surface area contributed by atoms with E-state index in [1.165, 1.54) is 0 Å². The number of hydrogen-bond donors (Lipinski definition) is 2. The molecule has 0 saturated carbocycles. The van der Waals surface area contributed by atoms with Crippen LogP contribution < -0.4 is 11.1 Å².